The first-order valence-electron chi connectivity index (χ1n) is 5.97. The van der Waals surface area contributed by atoms with E-state index in [9.17, 15) is 14.0 Å². The predicted molar refractivity (Wildman–Crippen MR) is 74.2 cm³/mol. The number of carboxylic acids is 1. The van der Waals surface area contributed by atoms with E-state index in [0.717, 1.165) is 12.1 Å². The van der Waals surface area contributed by atoms with Gasteiger partial charge in [-0.2, -0.15) is 0 Å². The number of benzene rings is 1. The van der Waals surface area contributed by atoms with Crippen LogP contribution in [0.2, 0.25) is 0 Å². The van der Waals surface area contributed by atoms with Crippen LogP contribution in [-0.4, -0.2) is 29.1 Å². The number of hydrogen-bond acceptors (Lipinski definition) is 4. The third-order valence-corrected chi connectivity index (χ3v) is 2.32. The van der Waals surface area contributed by atoms with Gasteiger partial charge >= 0.3 is 5.97 Å². The molecule has 0 aromatic heterocycles. The van der Waals surface area contributed by atoms with Gasteiger partial charge in [-0.15, -0.1) is 0 Å². The average Bonchev–Trinajstić information content (AvgIpc) is 2.24. The summed E-state index contributed by atoms with van der Waals surface area (Å²) in [5.74, 6) is -2.30. The molecule has 1 aromatic rings. The summed E-state index contributed by atoms with van der Waals surface area (Å²) in [4.78, 5) is 22.5. The summed E-state index contributed by atoms with van der Waals surface area (Å²) < 4.78 is 13.6. The number of amides is 1. The topological polar surface area (TPSA) is 104 Å². The lowest BCUT2D eigenvalue weighted by molar-refractivity contribution is -0.120. The van der Waals surface area contributed by atoms with Crippen molar-refractivity contribution < 1.29 is 19.1 Å². The van der Waals surface area contributed by atoms with Gasteiger partial charge in [-0.25, -0.2) is 9.18 Å². The Morgan fingerprint density at radius 1 is 1.35 bits per heavy atom. The van der Waals surface area contributed by atoms with Crippen LogP contribution < -0.4 is 16.4 Å². The van der Waals surface area contributed by atoms with E-state index in [4.69, 9.17) is 10.8 Å². The minimum Gasteiger partial charge on any atom is -0.478 e. The van der Waals surface area contributed by atoms with Crippen molar-refractivity contribution in [1.82, 2.24) is 5.32 Å². The van der Waals surface area contributed by atoms with Gasteiger partial charge in [0.05, 0.1) is 17.8 Å². The van der Waals surface area contributed by atoms with E-state index in [1.165, 1.54) is 0 Å². The highest BCUT2D eigenvalue weighted by atomic mass is 19.1. The Hall–Kier alpha value is -2.31. The molecule has 0 aliphatic heterocycles. The maximum absolute atomic E-state index is 13.6. The molecule has 1 rings (SSSR count). The molecule has 7 heteroatoms. The second-order valence-electron chi connectivity index (χ2n) is 5.38. The zero-order valence-electron chi connectivity index (χ0n) is 11.6. The number of carbonyl (C=O) groups excluding carboxylic acids is 1. The van der Waals surface area contributed by atoms with E-state index >= 15 is 0 Å². The van der Waals surface area contributed by atoms with Gasteiger partial charge in [0.2, 0.25) is 5.91 Å². The molecule has 0 radical (unpaired) electrons. The largest absolute Gasteiger partial charge is 0.478 e. The smallest absolute Gasteiger partial charge is 0.337 e. The van der Waals surface area contributed by atoms with Crippen molar-refractivity contribution in [2.45, 2.75) is 26.3 Å². The van der Waals surface area contributed by atoms with Crippen LogP contribution in [0.1, 0.15) is 31.1 Å². The molecule has 110 valence electrons. The zero-order valence-corrected chi connectivity index (χ0v) is 11.6. The lowest BCUT2D eigenvalue weighted by atomic mass is 10.1. The first kappa shape index (κ1) is 15.7. The normalized spacial score (nSPS) is 11.0. The van der Waals surface area contributed by atoms with Crippen LogP contribution in [0.4, 0.5) is 15.8 Å². The molecule has 0 saturated carbocycles. The Bertz CT molecular complexity index is 538. The van der Waals surface area contributed by atoms with Crippen LogP contribution in [0.15, 0.2) is 12.1 Å². The van der Waals surface area contributed by atoms with E-state index in [1.807, 2.05) is 20.8 Å². The molecule has 20 heavy (non-hydrogen) atoms. The van der Waals surface area contributed by atoms with Gasteiger partial charge in [0, 0.05) is 11.2 Å². The molecule has 0 heterocycles. The van der Waals surface area contributed by atoms with Gasteiger partial charge < -0.3 is 21.5 Å². The molecule has 6 nitrogen and oxygen atoms in total. The highest BCUT2D eigenvalue weighted by Gasteiger charge is 2.16. The van der Waals surface area contributed by atoms with Gasteiger partial charge in [0.25, 0.3) is 0 Å². The summed E-state index contributed by atoms with van der Waals surface area (Å²) in [5, 5.41) is 14.1. The maximum Gasteiger partial charge on any atom is 0.337 e. The van der Waals surface area contributed by atoms with E-state index in [-0.39, 0.29) is 29.4 Å². The van der Waals surface area contributed by atoms with Crippen LogP contribution in [0.3, 0.4) is 0 Å². The predicted octanol–water partition coefficient (Wildman–Crippen LogP) is 1.43. The van der Waals surface area contributed by atoms with E-state index < -0.39 is 17.3 Å². The van der Waals surface area contributed by atoms with E-state index in [1.54, 1.807) is 0 Å². The monoisotopic (exact) mass is 283 g/mol. The number of nitrogens with two attached hydrogens (primary N) is 1. The lowest BCUT2D eigenvalue weighted by Crippen LogP contribution is -2.43. The molecular formula is C13H18FN3O3. The number of anilines is 2. The zero-order chi connectivity index (χ0) is 15.5. The molecule has 1 aromatic carbocycles. The molecule has 1 amide bonds. The molecule has 0 aliphatic carbocycles. The van der Waals surface area contributed by atoms with Crippen LogP contribution in [-0.2, 0) is 4.79 Å². The standard InChI is InChI=1S/C13H18FN3O3/c1-13(2,3)17-11(18)6-16-10-4-7(12(19)20)9(15)5-8(10)14/h4-5,16H,6,15H2,1-3H3,(H,17,18)(H,19,20). The maximum atomic E-state index is 13.6. The van der Waals surface area contributed by atoms with Gasteiger partial charge in [0.15, 0.2) is 0 Å². The third kappa shape index (κ3) is 4.42. The van der Waals surface area contributed by atoms with Crippen molar-refractivity contribution in [3.05, 3.63) is 23.5 Å². The summed E-state index contributed by atoms with van der Waals surface area (Å²) in [6.45, 7) is 5.28. The van der Waals surface area contributed by atoms with E-state index in [2.05, 4.69) is 10.6 Å². The summed E-state index contributed by atoms with van der Waals surface area (Å²) >= 11 is 0. The van der Waals surface area contributed by atoms with Crippen molar-refractivity contribution >= 4 is 23.3 Å². The highest BCUT2D eigenvalue weighted by Crippen LogP contribution is 2.22. The van der Waals surface area contributed by atoms with Gasteiger partial charge in [-0.1, -0.05) is 0 Å². The molecule has 5 N–H and O–H groups in total. The Labute approximate surface area is 116 Å². The van der Waals surface area contributed by atoms with Crippen molar-refractivity contribution in [3.8, 4) is 0 Å². The number of halogens is 1. The molecule has 0 spiro atoms. The fourth-order valence-electron chi connectivity index (χ4n) is 1.55. The number of nitrogens with one attached hydrogen (secondary N) is 2. The molecule has 0 unspecified atom stereocenters. The molecule has 0 aliphatic rings. The number of hydrogen-bond donors (Lipinski definition) is 4. The second-order valence-corrected chi connectivity index (χ2v) is 5.38. The van der Waals surface area contributed by atoms with Crippen LogP contribution in [0.5, 0.6) is 0 Å². The SMILES string of the molecule is CC(C)(C)NC(=O)CNc1cc(C(=O)O)c(N)cc1F. The van der Waals surface area contributed by atoms with Crippen molar-refractivity contribution in [2.75, 3.05) is 17.6 Å². The Morgan fingerprint density at radius 2 is 1.95 bits per heavy atom. The van der Waals surface area contributed by atoms with Crippen LogP contribution in [0, 0.1) is 5.82 Å². The molecule has 0 fully saturated rings. The number of aromatic carboxylic acids is 1. The van der Waals surface area contributed by atoms with Crippen molar-refractivity contribution in [3.63, 3.8) is 0 Å². The van der Waals surface area contributed by atoms with E-state index in [0.29, 0.717) is 0 Å². The van der Waals surface area contributed by atoms with Crippen molar-refractivity contribution in [2.24, 2.45) is 0 Å². The molecular weight excluding hydrogens is 265 g/mol. The van der Waals surface area contributed by atoms with Crippen molar-refractivity contribution in [1.29, 1.82) is 0 Å². The third-order valence-electron chi connectivity index (χ3n) is 2.32. The molecule has 0 bridgehead atoms. The van der Waals surface area contributed by atoms with Gasteiger partial charge in [0.1, 0.15) is 5.82 Å². The summed E-state index contributed by atoms with van der Waals surface area (Å²) in [6, 6.07) is 1.98. The minimum absolute atomic E-state index is 0.0827. The number of rotatable bonds is 4. The first-order valence-corrected chi connectivity index (χ1v) is 5.97. The summed E-state index contributed by atoms with van der Waals surface area (Å²) in [6.07, 6.45) is 0. The second kappa shape index (κ2) is 5.77. The molecule has 0 saturated heterocycles. The Morgan fingerprint density at radius 3 is 2.45 bits per heavy atom. The average molecular weight is 283 g/mol. The minimum atomic E-state index is -1.26. The Balaban J connectivity index is 2.81. The fraction of sp³-hybridized carbons (Fsp3) is 0.385. The van der Waals surface area contributed by atoms with Gasteiger partial charge in [-0.05, 0) is 32.9 Å². The quantitative estimate of drug-likeness (QED) is 0.626. The number of nitrogen functional groups attached to an aromatic ring is 1. The summed E-state index contributed by atoms with van der Waals surface area (Å²) in [7, 11) is 0. The van der Waals surface area contributed by atoms with Crippen LogP contribution >= 0.6 is 0 Å². The first-order chi connectivity index (χ1) is 9.10. The Kier molecular flexibility index (Phi) is 4.54. The number of carboxylic acid groups (broad SMARTS) is 1. The lowest BCUT2D eigenvalue weighted by Gasteiger charge is -2.20. The fourth-order valence-corrected chi connectivity index (χ4v) is 1.55. The number of carbonyl (C=O) groups is 2. The highest BCUT2D eigenvalue weighted by molar-refractivity contribution is 5.95. The van der Waals surface area contributed by atoms with Crippen LogP contribution in [0.25, 0.3) is 0 Å². The van der Waals surface area contributed by atoms with Gasteiger partial charge in [-0.3, -0.25) is 4.79 Å². The molecule has 0 atom stereocenters. The summed E-state index contributed by atoms with van der Waals surface area (Å²) in [5.41, 5.74) is 4.54.